The van der Waals surface area contributed by atoms with Crippen LogP contribution in [0.1, 0.15) is 18.8 Å². The molecular formula is C12H16N4O3S. The molecule has 2 aromatic rings. The minimum Gasteiger partial charge on any atom is -0.495 e. The van der Waals surface area contributed by atoms with E-state index in [1.807, 2.05) is 0 Å². The number of hydrogen-bond donors (Lipinski definition) is 1. The molecule has 0 saturated carbocycles. The lowest BCUT2D eigenvalue weighted by Crippen LogP contribution is -2.28. The van der Waals surface area contributed by atoms with Crippen LogP contribution in [-0.4, -0.2) is 30.3 Å². The molecule has 0 fully saturated rings. The summed E-state index contributed by atoms with van der Waals surface area (Å²) < 4.78 is 34.1. The molecule has 0 aliphatic rings. The number of benzene rings is 1. The normalized spacial score (nSPS) is 13.2. The van der Waals surface area contributed by atoms with E-state index in [0.717, 1.165) is 0 Å². The minimum atomic E-state index is -3.70. The zero-order chi connectivity index (χ0) is 14.8. The molecule has 0 amide bonds. The second-order valence-corrected chi connectivity index (χ2v) is 5.98. The maximum Gasteiger partial charge on any atom is 0.244 e. The van der Waals surface area contributed by atoms with E-state index in [-0.39, 0.29) is 4.90 Å². The van der Waals surface area contributed by atoms with Crippen LogP contribution in [0.5, 0.6) is 5.75 Å². The van der Waals surface area contributed by atoms with Gasteiger partial charge in [0.15, 0.2) is 0 Å². The molecule has 0 unspecified atom stereocenters. The molecule has 8 heteroatoms. The number of methoxy groups -OCH3 is 1. The molecule has 108 valence electrons. The predicted molar refractivity (Wildman–Crippen MR) is 72.7 cm³/mol. The lowest BCUT2D eigenvalue weighted by Gasteiger charge is -2.15. The average molecular weight is 296 g/mol. The van der Waals surface area contributed by atoms with E-state index in [1.165, 1.54) is 19.5 Å². The molecule has 0 aliphatic carbocycles. The van der Waals surface area contributed by atoms with Gasteiger partial charge in [0.05, 0.1) is 13.2 Å². The minimum absolute atomic E-state index is 0.0940. The maximum atomic E-state index is 12.4. The Kier molecular flexibility index (Phi) is 4.05. The zero-order valence-electron chi connectivity index (χ0n) is 11.4. The summed E-state index contributed by atoms with van der Waals surface area (Å²) in [4.78, 5) is 0.0940. The van der Waals surface area contributed by atoms with Crippen LogP contribution >= 0.6 is 0 Å². The van der Waals surface area contributed by atoms with Crippen molar-refractivity contribution in [2.75, 3.05) is 7.11 Å². The Hall–Kier alpha value is -1.93. The fraction of sp³-hybridized carbons (Fsp3) is 0.333. The van der Waals surface area contributed by atoms with Gasteiger partial charge in [0.25, 0.3) is 0 Å². The van der Waals surface area contributed by atoms with Crippen molar-refractivity contribution in [3.05, 3.63) is 36.4 Å². The summed E-state index contributed by atoms with van der Waals surface area (Å²) in [5.41, 5.74) is 0. The van der Waals surface area contributed by atoms with Gasteiger partial charge in [-0.05, 0) is 19.1 Å². The van der Waals surface area contributed by atoms with Crippen LogP contribution in [-0.2, 0) is 17.1 Å². The predicted octanol–water partition coefficient (Wildman–Crippen LogP) is 0.863. The van der Waals surface area contributed by atoms with E-state index in [4.69, 9.17) is 4.74 Å². The van der Waals surface area contributed by atoms with Crippen molar-refractivity contribution in [3.8, 4) is 5.75 Å². The fourth-order valence-corrected chi connectivity index (χ4v) is 3.25. The van der Waals surface area contributed by atoms with Gasteiger partial charge in [-0.15, -0.1) is 10.2 Å². The number of aryl methyl sites for hydroxylation is 1. The van der Waals surface area contributed by atoms with Gasteiger partial charge in [0.2, 0.25) is 10.0 Å². The van der Waals surface area contributed by atoms with Gasteiger partial charge in [0.1, 0.15) is 22.8 Å². The van der Waals surface area contributed by atoms with Gasteiger partial charge in [0, 0.05) is 7.05 Å². The van der Waals surface area contributed by atoms with E-state index in [0.29, 0.717) is 11.6 Å². The Morgan fingerprint density at radius 1 is 1.35 bits per heavy atom. The molecular weight excluding hydrogens is 280 g/mol. The Balaban J connectivity index is 2.30. The lowest BCUT2D eigenvalue weighted by atomic mass is 10.3. The highest BCUT2D eigenvalue weighted by atomic mass is 32.2. The van der Waals surface area contributed by atoms with Crippen molar-refractivity contribution >= 4 is 10.0 Å². The standard InChI is InChI=1S/C12H16N4O3S/c1-9(12-14-13-8-16(12)2)15-20(17,18)11-7-5-4-6-10(11)19-3/h4-9,15H,1-3H3/t9-/m1/s1. The average Bonchev–Trinajstić information content (AvgIpc) is 2.84. The van der Waals surface area contributed by atoms with Crippen LogP contribution in [0.4, 0.5) is 0 Å². The summed E-state index contributed by atoms with van der Waals surface area (Å²) in [6.45, 7) is 1.71. The number of sulfonamides is 1. The largest absolute Gasteiger partial charge is 0.495 e. The van der Waals surface area contributed by atoms with Crippen molar-refractivity contribution in [2.24, 2.45) is 7.05 Å². The maximum absolute atomic E-state index is 12.4. The van der Waals surface area contributed by atoms with Gasteiger partial charge >= 0.3 is 0 Å². The Morgan fingerprint density at radius 2 is 2.05 bits per heavy atom. The van der Waals surface area contributed by atoms with E-state index in [9.17, 15) is 8.42 Å². The van der Waals surface area contributed by atoms with E-state index < -0.39 is 16.1 Å². The zero-order valence-corrected chi connectivity index (χ0v) is 12.3. The summed E-state index contributed by atoms with van der Waals surface area (Å²) >= 11 is 0. The van der Waals surface area contributed by atoms with Crippen LogP contribution < -0.4 is 9.46 Å². The van der Waals surface area contributed by atoms with Gasteiger partial charge in [-0.25, -0.2) is 13.1 Å². The first-order valence-corrected chi connectivity index (χ1v) is 7.43. The van der Waals surface area contributed by atoms with Crippen LogP contribution in [0.2, 0.25) is 0 Å². The van der Waals surface area contributed by atoms with Crippen LogP contribution in [0, 0.1) is 0 Å². The molecule has 1 N–H and O–H groups in total. The van der Waals surface area contributed by atoms with Crippen molar-refractivity contribution < 1.29 is 13.2 Å². The number of nitrogens with zero attached hydrogens (tertiary/aromatic N) is 3. The third-order valence-corrected chi connectivity index (χ3v) is 4.40. The van der Waals surface area contributed by atoms with Crippen molar-refractivity contribution in [1.29, 1.82) is 0 Å². The summed E-state index contributed by atoms with van der Waals surface area (Å²) in [6.07, 6.45) is 1.52. The molecule has 1 atom stereocenters. The summed E-state index contributed by atoms with van der Waals surface area (Å²) in [5.74, 6) is 0.827. The molecule has 0 saturated heterocycles. The summed E-state index contributed by atoms with van der Waals surface area (Å²) in [6, 6.07) is 5.94. The summed E-state index contributed by atoms with van der Waals surface area (Å²) in [5, 5.41) is 7.62. The van der Waals surface area contributed by atoms with E-state index in [1.54, 1.807) is 36.7 Å². The Morgan fingerprint density at radius 3 is 2.65 bits per heavy atom. The number of nitrogens with one attached hydrogen (secondary N) is 1. The van der Waals surface area contributed by atoms with E-state index >= 15 is 0 Å². The van der Waals surface area contributed by atoms with E-state index in [2.05, 4.69) is 14.9 Å². The van der Waals surface area contributed by atoms with Crippen molar-refractivity contribution in [2.45, 2.75) is 17.9 Å². The molecule has 0 spiro atoms. The molecule has 1 aromatic heterocycles. The highest BCUT2D eigenvalue weighted by Gasteiger charge is 2.23. The fourth-order valence-electron chi connectivity index (χ4n) is 1.87. The monoisotopic (exact) mass is 296 g/mol. The first kappa shape index (κ1) is 14.5. The van der Waals surface area contributed by atoms with Gasteiger partial charge in [-0.2, -0.15) is 0 Å². The Bertz CT molecular complexity index is 696. The second-order valence-electron chi connectivity index (χ2n) is 4.29. The highest BCUT2D eigenvalue weighted by molar-refractivity contribution is 7.89. The first-order chi connectivity index (χ1) is 9.45. The number of aromatic nitrogens is 3. The number of rotatable bonds is 5. The number of para-hydroxylation sites is 1. The Labute approximate surface area is 117 Å². The quantitative estimate of drug-likeness (QED) is 0.884. The molecule has 7 nitrogen and oxygen atoms in total. The summed E-state index contributed by atoms with van der Waals surface area (Å²) in [7, 11) is -0.517. The molecule has 1 heterocycles. The van der Waals surface area contributed by atoms with Crippen LogP contribution in [0.3, 0.4) is 0 Å². The second kappa shape index (κ2) is 5.59. The van der Waals surface area contributed by atoms with Crippen LogP contribution in [0.15, 0.2) is 35.5 Å². The first-order valence-electron chi connectivity index (χ1n) is 5.95. The SMILES string of the molecule is COc1ccccc1S(=O)(=O)N[C@H](C)c1nncn1C. The molecule has 2 rings (SSSR count). The molecule has 20 heavy (non-hydrogen) atoms. The third kappa shape index (κ3) is 2.81. The highest BCUT2D eigenvalue weighted by Crippen LogP contribution is 2.24. The topological polar surface area (TPSA) is 86.1 Å². The van der Waals surface area contributed by atoms with Gasteiger partial charge in [-0.1, -0.05) is 12.1 Å². The number of hydrogen-bond acceptors (Lipinski definition) is 5. The molecule has 1 aromatic carbocycles. The smallest absolute Gasteiger partial charge is 0.244 e. The van der Waals surface area contributed by atoms with Crippen molar-refractivity contribution in [3.63, 3.8) is 0 Å². The lowest BCUT2D eigenvalue weighted by molar-refractivity contribution is 0.402. The molecule has 0 radical (unpaired) electrons. The van der Waals surface area contributed by atoms with Gasteiger partial charge in [-0.3, -0.25) is 0 Å². The van der Waals surface area contributed by atoms with Gasteiger partial charge < -0.3 is 9.30 Å². The molecule has 0 bridgehead atoms. The third-order valence-electron chi connectivity index (χ3n) is 2.82. The van der Waals surface area contributed by atoms with Crippen molar-refractivity contribution in [1.82, 2.24) is 19.5 Å². The number of ether oxygens (including phenoxy) is 1. The van der Waals surface area contributed by atoms with Crippen LogP contribution in [0.25, 0.3) is 0 Å². The molecule has 0 aliphatic heterocycles.